The van der Waals surface area contributed by atoms with E-state index in [4.69, 9.17) is 23.2 Å². The molecule has 1 aliphatic heterocycles. The van der Waals surface area contributed by atoms with Gasteiger partial charge in [0.05, 0.1) is 22.0 Å². The average Bonchev–Trinajstić information content (AvgIpc) is 2.98. The Morgan fingerprint density at radius 2 is 2.16 bits per heavy atom. The van der Waals surface area contributed by atoms with Gasteiger partial charge in [-0.25, -0.2) is 13.4 Å². The lowest BCUT2D eigenvalue weighted by molar-refractivity contribution is 0.102. The zero-order valence-electron chi connectivity index (χ0n) is 13.3. The van der Waals surface area contributed by atoms with Crippen LogP contribution in [0.1, 0.15) is 27.9 Å². The number of thiazole rings is 1. The van der Waals surface area contributed by atoms with Crippen molar-refractivity contribution in [1.29, 1.82) is 0 Å². The molecule has 1 aromatic carbocycles. The van der Waals surface area contributed by atoms with E-state index in [1.165, 1.54) is 21.7 Å². The first-order valence-corrected chi connectivity index (χ1v) is 10.7. The number of sulfonamides is 1. The van der Waals surface area contributed by atoms with Crippen LogP contribution in [-0.2, 0) is 23.0 Å². The molecule has 1 amide bonds. The molecule has 0 bridgehead atoms. The van der Waals surface area contributed by atoms with Crippen molar-refractivity contribution in [2.24, 2.45) is 0 Å². The Kier molecular flexibility index (Phi) is 5.36. The van der Waals surface area contributed by atoms with Gasteiger partial charge in [0.2, 0.25) is 10.0 Å². The summed E-state index contributed by atoms with van der Waals surface area (Å²) in [5, 5.41) is 3.83. The van der Waals surface area contributed by atoms with Crippen LogP contribution < -0.4 is 5.32 Å². The highest BCUT2D eigenvalue weighted by Gasteiger charge is 2.28. The zero-order chi connectivity index (χ0) is 18.2. The first-order valence-electron chi connectivity index (χ1n) is 7.53. The van der Waals surface area contributed by atoms with Gasteiger partial charge in [-0.3, -0.25) is 10.1 Å². The van der Waals surface area contributed by atoms with E-state index in [0.29, 0.717) is 28.1 Å². The summed E-state index contributed by atoms with van der Waals surface area (Å²) in [6.07, 6.45) is 0.527. The van der Waals surface area contributed by atoms with E-state index in [1.807, 2.05) is 0 Å². The van der Waals surface area contributed by atoms with Crippen molar-refractivity contribution in [3.8, 4) is 0 Å². The molecule has 0 saturated carbocycles. The van der Waals surface area contributed by atoms with E-state index in [9.17, 15) is 13.2 Å². The van der Waals surface area contributed by atoms with Crippen molar-refractivity contribution in [2.75, 3.05) is 17.6 Å². The van der Waals surface area contributed by atoms with Crippen molar-refractivity contribution in [3.05, 3.63) is 44.4 Å². The second-order valence-corrected chi connectivity index (χ2v) is 9.64. The number of hydrogen-bond donors (Lipinski definition) is 1. The van der Waals surface area contributed by atoms with Gasteiger partial charge in [0, 0.05) is 29.4 Å². The molecule has 0 radical (unpaired) electrons. The summed E-state index contributed by atoms with van der Waals surface area (Å²) in [7, 11) is -3.24. The molecule has 0 fully saturated rings. The highest BCUT2D eigenvalue weighted by Crippen LogP contribution is 2.30. The highest BCUT2D eigenvalue weighted by molar-refractivity contribution is 7.89. The van der Waals surface area contributed by atoms with Gasteiger partial charge in [-0.05, 0) is 25.1 Å². The standard InChI is InChI=1S/C15H15Cl2N3O3S2/c1-2-25(22,23)20-6-5-12-13(8-20)24-15(18-12)19-14(21)10-7-9(16)3-4-11(10)17/h3-4,7H,2,5-6,8H2,1H3,(H,18,19,21). The lowest BCUT2D eigenvalue weighted by Crippen LogP contribution is -2.36. The van der Waals surface area contributed by atoms with Crippen LogP contribution in [0, 0.1) is 0 Å². The van der Waals surface area contributed by atoms with E-state index in [1.54, 1.807) is 19.1 Å². The number of hydrogen-bond acceptors (Lipinski definition) is 5. The van der Waals surface area contributed by atoms with Crippen LogP contribution in [0.5, 0.6) is 0 Å². The molecule has 6 nitrogen and oxygen atoms in total. The van der Waals surface area contributed by atoms with Gasteiger partial charge in [0.25, 0.3) is 5.91 Å². The van der Waals surface area contributed by atoms with Crippen molar-refractivity contribution < 1.29 is 13.2 Å². The first kappa shape index (κ1) is 18.6. The monoisotopic (exact) mass is 419 g/mol. The Morgan fingerprint density at radius 3 is 2.88 bits per heavy atom. The molecular weight excluding hydrogens is 405 g/mol. The van der Waals surface area contributed by atoms with Gasteiger partial charge in [-0.1, -0.05) is 23.2 Å². The predicted octanol–water partition coefficient (Wildman–Crippen LogP) is 3.41. The molecule has 0 saturated heterocycles. The fraction of sp³-hybridized carbons (Fsp3) is 0.333. The molecule has 1 N–H and O–H groups in total. The summed E-state index contributed by atoms with van der Waals surface area (Å²) in [6.45, 7) is 2.31. The maximum atomic E-state index is 12.4. The summed E-state index contributed by atoms with van der Waals surface area (Å²) < 4.78 is 25.5. The molecular formula is C15H15Cl2N3O3S2. The van der Waals surface area contributed by atoms with Gasteiger partial charge < -0.3 is 0 Å². The Bertz CT molecular complexity index is 928. The molecule has 2 heterocycles. The largest absolute Gasteiger partial charge is 0.298 e. The highest BCUT2D eigenvalue weighted by atomic mass is 35.5. The summed E-state index contributed by atoms with van der Waals surface area (Å²) in [5.41, 5.74) is 1.08. The van der Waals surface area contributed by atoms with Gasteiger partial charge in [-0.2, -0.15) is 4.31 Å². The number of aromatic nitrogens is 1. The molecule has 25 heavy (non-hydrogen) atoms. The molecule has 2 aromatic rings. The smallest absolute Gasteiger partial charge is 0.259 e. The molecule has 1 aliphatic rings. The quantitative estimate of drug-likeness (QED) is 0.822. The lowest BCUT2D eigenvalue weighted by atomic mass is 10.2. The Labute approximate surface area is 159 Å². The number of carbonyl (C=O) groups excluding carboxylic acids is 1. The molecule has 10 heteroatoms. The van der Waals surface area contributed by atoms with Crippen LogP contribution in [0.25, 0.3) is 0 Å². The van der Waals surface area contributed by atoms with Crippen LogP contribution in [0.4, 0.5) is 5.13 Å². The van der Waals surface area contributed by atoms with E-state index >= 15 is 0 Å². The van der Waals surface area contributed by atoms with Crippen LogP contribution in [0.2, 0.25) is 10.0 Å². The summed E-state index contributed by atoms with van der Waals surface area (Å²) >= 11 is 13.2. The van der Waals surface area contributed by atoms with Gasteiger partial charge in [0.15, 0.2) is 5.13 Å². The topological polar surface area (TPSA) is 79.4 Å². The number of halogens is 2. The zero-order valence-corrected chi connectivity index (χ0v) is 16.4. The minimum Gasteiger partial charge on any atom is -0.298 e. The third-order valence-electron chi connectivity index (χ3n) is 3.85. The number of benzene rings is 1. The van der Waals surface area contributed by atoms with Gasteiger partial charge in [0.1, 0.15) is 0 Å². The number of rotatable bonds is 4. The summed E-state index contributed by atoms with van der Waals surface area (Å²) in [5.74, 6) is -0.338. The predicted molar refractivity (Wildman–Crippen MR) is 100 cm³/mol. The number of nitrogens with one attached hydrogen (secondary N) is 1. The maximum absolute atomic E-state index is 12.4. The van der Waals surface area contributed by atoms with Crippen LogP contribution in [-0.4, -0.2) is 35.9 Å². The molecule has 0 aliphatic carbocycles. The van der Waals surface area contributed by atoms with E-state index in [-0.39, 0.29) is 17.9 Å². The lowest BCUT2D eigenvalue weighted by Gasteiger charge is -2.24. The molecule has 0 spiro atoms. The number of fused-ring (bicyclic) bond motifs is 1. The number of nitrogens with zero attached hydrogens (tertiary/aromatic N) is 2. The molecule has 0 unspecified atom stereocenters. The average molecular weight is 420 g/mol. The van der Waals surface area contributed by atoms with Crippen LogP contribution in [0.3, 0.4) is 0 Å². The van der Waals surface area contributed by atoms with Crippen molar-refractivity contribution >= 4 is 55.6 Å². The van der Waals surface area contributed by atoms with Crippen molar-refractivity contribution in [2.45, 2.75) is 19.9 Å². The van der Waals surface area contributed by atoms with E-state index < -0.39 is 15.9 Å². The molecule has 1 aromatic heterocycles. The second kappa shape index (κ2) is 7.20. The van der Waals surface area contributed by atoms with Gasteiger partial charge in [-0.15, -0.1) is 11.3 Å². The van der Waals surface area contributed by atoms with Crippen LogP contribution in [0.15, 0.2) is 18.2 Å². The molecule has 134 valence electrons. The number of amides is 1. The summed E-state index contributed by atoms with van der Waals surface area (Å²) in [6, 6.07) is 4.65. The Hall–Kier alpha value is -1.19. The first-order chi connectivity index (χ1) is 11.8. The molecule has 0 atom stereocenters. The Balaban J connectivity index is 1.78. The SMILES string of the molecule is CCS(=O)(=O)N1CCc2nc(NC(=O)c3cc(Cl)ccc3Cl)sc2C1. The fourth-order valence-electron chi connectivity index (χ4n) is 2.48. The fourth-order valence-corrected chi connectivity index (χ4v) is 5.02. The third kappa shape index (κ3) is 3.98. The van der Waals surface area contributed by atoms with Crippen LogP contribution >= 0.6 is 34.5 Å². The van der Waals surface area contributed by atoms with Crippen molar-refractivity contribution in [3.63, 3.8) is 0 Å². The summed E-state index contributed by atoms with van der Waals surface area (Å²) in [4.78, 5) is 17.6. The minimum absolute atomic E-state index is 0.0675. The number of anilines is 1. The minimum atomic E-state index is -3.24. The maximum Gasteiger partial charge on any atom is 0.259 e. The van der Waals surface area contributed by atoms with E-state index in [2.05, 4.69) is 10.3 Å². The number of carbonyl (C=O) groups is 1. The third-order valence-corrected chi connectivity index (χ3v) is 7.24. The Morgan fingerprint density at radius 1 is 1.40 bits per heavy atom. The van der Waals surface area contributed by atoms with Crippen molar-refractivity contribution in [1.82, 2.24) is 9.29 Å². The van der Waals surface area contributed by atoms with Gasteiger partial charge >= 0.3 is 0 Å². The normalized spacial score (nSPS) is 15.0. The van der Waals surface area contributed by atoms with E-state index in [0.717, 1.165) is 10.6 Å². The molecule has 3 rings (SSSR count). The second-order valence-electron chi connectivity index (χ2n) is 5.45.